The minimum atomic E-state index is 1.00. The highest BCUT2D eigenvalue weighted by Crippen LogP contribution is 2.02. The second kappa shape index (κ2) is 3.19. The maximum absolute atomic E-state index is 4.15. The van der Waals surface area contributed by atoms with Gasteiger partial charge in [0.15, 0.2) is 0 Å². The summed E-state index contributed by atoms with van der Waals surface area (Å²) in [5.74, 6) is 1.00. The molecule has 0 bridgehead atoms. The lowest BCUT2D eigenvalue weighted by Crippen LogP contribution is -1.91. The molecule has 0 unspecified atom stereocenters. The van der Waals surface area contributed by atoms with Gasteiger partial charge in [0.1, 0.15) is 5.82 Å². The molecular formula is C9H12N2. The monoisotopic (exact) mass is 148 g/mol. The molecular weight excluding hydrogens is 136 g/mol. The molecule has 0 aliphatic carbocycles. The van der Waals surface area contributed by atoms with Gasteiger partial charge in [0.2, 0.25) is 0 Å². The summed E-state index contributed by atoms with van der Waals surface area (Å²) in [6.45, 7) is 7.59. The highest BCUT2D eigenvalue weighted by Gasteiger charge is 1.95. The molecule has 2 nitrogen and oxygen atoms in total. The van der Waals surface area contributed by atoms with Crippen molar-refractivity contribution in [1.29, 1.82) is 0 Å². The Hall–Kier alpha value is -1.31. The predicted octanol–water partition coefficient (Wildman–Crippen LogP) is 2.16. The molecule has 2 heteroatoms. The zero-order chi connectivity index (χ0) is 8.27. The van der Waals surface area contributed by atoms with Gasteiger partial charge in [-0.15, -0.1) is 0 Å². The lowest BCUT2D eigenvalue weighted by molar-refractivity contribution is 0.995. The molecule has 0 spiro atoms. The molecule has 0 radical (unpaired) electrons. The van der Waals surface area contributed by atoms with Crippen LogP contribution in [0.15, 0.2) is 24.9 Å². The fraction of sp³-hybridized carbons (Fsp3) is 0.222. The summed E-state index contributed by atoms with van der Waals surface area (Å²) < 4.78 is 2.02. The number of nitrogens with zero attached hydrogens (tertiary/aromatic N) is 2. The van der Waals surface area contributed by atoms with Crippen LogP contribution in [0.5, 0.6) is 0 Å². The third-order valence-electron chi connectivity index (χ3n) is 1.54. The Labute approximate surface area is 66.9 Å². The van der Waals surface area contributed by atoms with E-state index < -0.39 is 0 Å². The zero-order valence-electron chi connectivity index (χ0n) is 6.91. The average molecular weight is 148 g/mol. The summed E-state index contributed by atoms with van der Waals surface area (Å²) in [7, 11) is 0. The molecule has 1 rings (SSSR count). The fourth-order valence-electron chi connectivity index (χ4n) is 0.939. The first-order chi connectivity index (χ1) is 5.25. The Kier molecular flexibility index (Phi) is 2.26. The minimum absolute atomic E-state index is 1.00. The Bertz CT molecular complexity index is 262. The van der Waals surface area contributed by atoms with Crippen molar-refractivity contribution in [2.75, 3.05) is 0 Å². The number of imidazole rings is 1. The van der Waals surface area contributed by atoms with Crippen LogP contribution in [0.1, 0.15) is 11.5 Å². The number of aromatic nitrogens is 2. The lowest BCUT2D eigenvalue weighted by atomic mass is 10.5. The van der Waals surface area contributed by atoms with Crippen LogP contribution in [0.2, 0.25) is 0 Å². The molecule has 1 heterocycles. The van der Waals surface area contributed by atoms with E-state index in [1.165, 1.54) is 0 Å². The second-order valence-electron chi connectivity index (χ2n) is 2.39. The molecule has 58 valence electrons. The number of hydrogen-bond acceptors (Lipinski definition) is 1. The molecule has 0 saturated carbocycles. The third kappa shape index (κ3) is 1.58. The Balaban J connectivity index is 3.00. The second-order valence-corrected chi connectivity index (χ2v) is 2.39. The van der Waals surface area contributed by atoms with Crippen molar-refractivity contribution < 1.29 is 0 Å². The van der Waals surface area contributed by atoms with Gasteiger partial charge in [-0.2, -0.15) is 0 Å². The van der Waals surface area contributed by atoms with E-state index in [2.05, 4.69) is 11.6 Å². The molecule has 0 aliphatic heterocycles. The predicted molar refractivity (Wildman–Crippen MR) is 47.2 cm³/mol. The first-order valence-corrected chi connectivity index (χ1v) is 3.55. The van der Waals surface area contributed by atoms with Crippen LogP contribution in [0.25, 0.3) is 6.20 Å². The summed E-state index contributed by atoms with van der Waals surface area (Å²) in [4.78, 5) is 4.15. The van der Waals surface area contributed by atoms with Crippen molar-refractivity contribution in [2.45, 2.75) is 13.8 Å². The van der Waals surface area contributed by atoms with Crippen molar-refractivity contribution in [3.63, 3.8) is 0 Å². The molecule has 0 saturated heterocycles. The third-order valence-corrected chi connectivity index (χ3v) is 1.54. The maximum Gasteiger partial charge on any atom is 0.109 e. The van der Waals surface area contributed by atoms with Crippen molar-refractivity contribution in [3.8, 4) is 0 Å². The van der Waals surface area contributed by atoms with E-state index in [1.807, 2.05) is 36.9 Å². The zero-order valence-corrected chi connectivity index (χ0v) is 6.91. The Morgan fingerprint density at radius 2 is 2.27 bits per heavy atom. The van der Waals surface area contributed by atoms with E-state index in [0.717, 1.165) is 11.5 Å². The minimum Gasteiger partial charge on any atom is -0.308 e. The van der Waals surface area contributed by atoms with Crippen LogP contribution < -0.4 is 0 Å². The number of allylic oxidation sites excluding steroid dienone is 2. The summed E-state index contributed by atoms with van der Waals surface area (Å²) in [6.07, 6.45) is 7.44. The lowest BCUT2D eigenvalue weighted by Gasteiger charge is -1.97. The molecule has 1 aromatic rings. The SMILES string of the molecule is C=C/C=C\n1c(C)cnc1C. The van der Waals surface area contributed by atoms with Gasteiger partial charge in [-0.1, -0.05) is 12.7 Å². The Morgan fingerprint density at radius 3 is 2.73 bits per heavy atom. The standard InChI is InChI=1S/C9H12N2/c1-4-5-6-11-8(2)7-10-9(11)3/h4-7H,1H2,2-3H3/b6-5-. The smallest absolute Gasteiger partial charge is 0.109 e. The van der Waals surface area contributed by atoms with Gasteiger partial charge in [0, 0.05) is 18.1 Å². The average Bonchev–Trinajstić information content (AvgIpc) is 2.29. The van der Waals surface area contributed by atoms with Crippen molar-refractivity contribution in [2.24, 2.45) is 0 Å². The molecule has 0 aromatic carbocycles. The van der Waals surface area contributed by atoms with E-state index in [4.69, 9.17) is 0 Å². The van der Waals surface area contributed by atoms with Crippen LogP contribution in [0.4, 0.5) is 0 Å². The maximum atomic E-state index is 4.15. The van der Waals surface area contributed by atoms with E-state index in [0.29, 0.717) is 0 Å². The van der Waals surface area contributed by atoms with E-state index in [1.54, 1.807) is 6.08 Å². The van der Waals surface area contributed by atoms with Crippen molar-refractivity contribution >= 4 is 6.20 Å². The van der Waals surface area contributed by atoms with Crippen molar-refractivity contribution in [3.05, 3.63) is 36.4 Å². The summed E-state index contributed by atoms with van der Waals surface area (Å²) in [6, 6.07) is 0. The Morgan fingerprint density at radius 1 is 1.55 bits per heavy atom. The summed E-state index contributed by atoms with van der Waals surface area (Å²) in [5, 5.41) is 0. The van der Waals surface area contributed by atoms with E-state index in [-0.39, 0.29) is 0 Å². The highest BCUT2D eigenvalue weighted by molar-refractivity contribution is 5.31. The van der Waals surface area contributed by atoms with Crippen LogP contribution in [0, 0.1) is 13.8 Å². The summed E-state index contributed by atoms with van der Waals surface area (Å²) in [5.41, 5.74) is 1.14. The number of hydrogen-bond donors (Lipinski definition) is 0. The molecule has 11 heavy (non-hydrogen) atoms. The van der Waals surface area contributed by atoms with Crippen molar-refractivity contribution in [1.82, 2.24) is 9.55 Å². The fourth-order valence-corrected chi connectivity index (χ4v) is 0.939. The van der Waals surface area contributed by atoms with Gasteiger partial charge < -0.3 is 4.57 Å². The van der Waals surface area contributed by atoms with Gasteiger partial charge in [-0.05, 0) is 19.9 Å². The van der Waals surface area contributed by atoms with Crippen LogP contribution >= 0.6 is 0 Å². The largest absolute Gasteiger partial charge is 0.308 e. The molecule has 0 fully saturated rings. The quantitative estimate of drug-likeness (QED) is 0.587. The van der Waals surface area contributed by atoms with Gasteiger partial charge >= 0.3 is 0 Å². The van der Waals surface area contributed by atoms with Gasteiger partial charge in [0.05, 0.1) is 0 Å². The van der Waals surface area contributed by atoms with Crippen LogP contribution in [-0.4, -0.2) is 9.55 Å². The topological polar surface area (TPSA) is 17.8 Å². The van der Waals surface area contributed by atoms with Gasteiger partial charge in [-0.3, -0.25) is 0 Å². The first-order valence-electron chi connectivity index (χ1n) is 3.55. The number of rotatable bonds is 2. The molecule has 0 atom stereocenters. The first kappa shape index (κ1) is 7.79. The van der Waals surface area contributed by atoms with Gasteiger partial charge in [-0.25, -0.2) is 4.98 Å². The normalized spacial score (nSPS) is 10.7. The van der Waals surface area contributed by atoms with Crippen LogP contribution in [0.3, 0.4) is 0 Å². The van der Waals surface area contributed by atoms with Gasteiger partial charge in [0.25, 0.3) is 0 Å². The molecule has 0 amide bonds. The molecule has 0 aliphatic rings. The summed E-state index contributed by atoms with van der Waals surface area (Å²) >= 11 is 0. The molecule has 0 N–H and O–H groups in total. The molecule has 1 aromatic heterocycles. The van der Waals surface area contributed by atoms with E-state index >= 15 is 0 Å². The highest BCUT2D eigenvalue weighted by atomic mass is 15.1. The number of aryl methyl sites for hydroxylation is 2. The van der Waals surface area contributed by atoms with Crippen LogP contribution in [-0.2, 0) is 0 Å². The van der Waals surface area contributed by atoms with E-state index in [9.17, 15) is 0 Å².